The van der Waals surface area contributed by atoms with Crippen molar-refractivity contribution in [1.82, 2.24) is 9.55 Å². The highest BCUT2D eigenvalue weighted by molar-refractivity contribution is 6.00. The zero-order valence-corrected chi connectivity index (χ0v) is 19.4. The minimum Gasteiger partial charge on any atom is -0.460 e. The first-order valence-electron chi connectivity index (χ1n) is 11.5. The van der Waals surface area contributed by atoms with Gasteiger partial charge in [0.25, 0.3) is 5.56 Å². The Hall–Kier alpha value is -4.05. The number of fused-ring (bicyclic) bond motifs is 5. The molecule has 2 aromatic carbocycles. The molecular formula is C27H18F4N2O4. The van der Waals surface area contributed by atoms with E-state index in [-0.39, 0.29) is 70.5 Å². The van der Waals surface area contributed by atoms with Crippen molar-refractivity contribution in [2.45, 2.75) is 38.5 Å². The smallest absolute Gasteiger partial charge is 0.309 e. The predicted octanol–water partition coefficient (Wildman–Crippen LogP) is 4.69. The summed E-state index contributed by atoms with van der Waals surface area (Å²) in [6.45, 7) is 1.18. The molecular weight excluding hydrogens is 492 g/mol. The number of carbonyl (C=O) groups is 1. The lowest BCUT2D eigenvalue weighted by Gasteiger charge is -2.26. The lowest BCUT2D eigenvalue weighted by atomic mass is 9.85. The Labute approximate surface area is 206 Å². The maximum absolute atomic E-state index is 15.1. The molecule has 0 spiro atoms. The first kappa shape index (κ1) is 23.4. The lowest BCUT2D eigenvalue weighted by molar-refractivity contribution is -0.149. The summed E-state index contributed by atoms with van der Waals surface area (Å²) >= 11 is 0. The minimum absolute atomic E-state index is 0.00642. The Balaban J connectivity index is 1.71. The number of hydrogen-bond acceptors (Lipinski definition) is 5. The van der Waals surface area contributed by atoms with Crippen LogP contribution in [0, 0.1) is 23.3 Å². The number of benzene rings is 2. The minimum atomic E-state index is -1.68. The fourth-order valence-corrected chi connectivity index (χ4v) is 5.34. The van der Waals surface area contributed by atoms with E-state index < -0.39 is 40.4 Å². The van der Waals surface area contributed by atoms with Crippen LogP contribution in [-0.4, -0.2) is 20.6 Å². The average Bonchev–Trinajstić information content (AvgIpc) is 3.13. The van der Waals surface area contributed by atoms with Gasteiger partial charge in [0.15, 0.2) is 0 Å². The highest BCUT2D eigenvalue weighted by Crippen LogP contribution is 2.44. The standard InChI is InChI=1S/C27H18F4N2O4/c1-2-27(36)9-22(34)37-11-17-18(27)8-21-25-16(10-33(21)26(17)35)23(12-3-13(28)5-14(29)4-12)24-19(31)6-15(30)7-20(24)32-25/h3-8,36H,2,9-11H2,1H3/t27-/m1/s1. The molecule has 2 aromatic heterocycles. The van der Waals surface area contributed by atoms with Gasteiger partial charge in [0, 0.05) is 34.7 Å². The number of ether oxygens (including phenoxy) is 1. The second-order valence-corrected chi connectivity index (χ2v) is 9.29. The molecule has 2 aliphatic heterocycles. The van der Waals surface area contributed by atoms with Crippen LogP contribution in [0.15, 0.2) is 41.2 Å². The molecule has 2 aliphatic rings. The molecule has 0 saturated heterocycles. The molecule has 1 N–H and O–H groups in total. The number of aromatic nitrogens is 2. The summed E-state index contributed by atoms with van der Waals surface area (Å²) in [5.74, 6) is -4.33. The second-order valence-electron chi connectivity index (χ2n) is 9.29. The fraction of sp³-hybridized carbons (Fsp3) is 0.222. The largest absolute Gasteiger partial charge is 0.460 e. The summed E-state index contributed by atoms with van der Waals surface area (Å²) in [4.78, 5) is 30.2. The molecule has 0 radical (unpaired) electrons. The average molecular weight is 510 g/mol. The van der Waals surface area contributed by atoms with E-state index in [1.165, 1.54) is 10.6 Å². The lowest BCUT2D eigenvalue weighted by Crippen LogP contribution is -2.32. The van der Waals surface area contributed by atoms with Crippen LogP contribution in [0.2, 0.25) is 0 Å². The van der Waals surface area contributed by atoms with Gasteiger partial charge in [0.2, 0.25) is 0 Å². The molecule has 4 heterocycles. The molecule has 0 bridgehead atoms. The van der Waals surface area contributed by atoms with Gasteiger partial charge in [-0.25, -0.2) is 22.5 Å². The highest BCUT2D eigenvalue weighted by atomic mass is 19.1. The van der Waals surface area contributed by atoms with Gasteiger partial charge in [0.05, 0.1) is 35.4 Å². The Morgan fingerprint density at radius 1 is 1.00 bits per heavy atom. The topological polar surface area (TPSA) is 81.4 Å². The van der Waals surface area contributed by atoms with Gasteiger partial charge in [0.1, 0.15) is 35.5 Å². The highest BCUT2D eigenvalue weighted by Gasteiger charge is 2.40. The van der Waals surface area contributed by atoms with Crippen LogP contribution in [0.4, 0.5) is 17.6 Å². The zero-order valence-electron chi connectivity index (χ0n) is 19.4. The predicted molar refractivity (Wildman–Crippen MR) is 124 cm³/mol. The van der Waals surface area contributed by atoms with Crippen LogP contribution in [0.25, 0.3) is 33.4 Å². The number of aliphatic hydroxyl groups is 1. The second kappa shape index (κ2) is 7.97. The molecule has 0 amide bonds. The first-order valence-corrected chi connectivity index (χ1v) is 11.5. The fourth-order valence-electron chi connectivity index (χ4n) is 5.34. The maximum atomic E-state index is 15.1. The molecule has 0 aliphatic carbocycles. The Bertz CT molecular complexity index is 1710. The number of rotatable bonds is 2. The van der Waals surface area contributed by atoms with E-state index in [1.807, 2.05) is 0 Å². The van der Waals surface area contributed by atoms with E-state index in [9.17, 15) is 27.9 Å². The van der Waals surface area contributed by atoms with Crippen molar-refractivity contribution in [3.8, 4) is 22.5 Å². The van der Waals surface area contributed by atoms with Crippen LogP contribution in [0.3, 0.4) is 0 Å². The van der Waals surface area contributed by atoms with E-state index in [1.54, 1.807) is 6.92 Å². The monoisotopic (exact) mass is 510 g/mol. The molecule has 0 saturated carbocycles. The molecule has 188 valence electrons. The van der Waals surface area contributed by atoms with Crippen molar-refractivity contribution in [1.29, 1.82) is 0 Å². The Morgan fingerprint density at radius 2 is 1.70 bits per heavy atom. The molecule has 0 fully saturated rings. The summed E-state index contributed by atoms with van der Waals surface area (Å²) in [5.41, 5.74) is -1.27. The van der Waals surface area contributed by atoms with Crippen molar-refractivity contribution in [2.75, 3.05) is 0 Å². The number of cyclic esters (lactones) is 1. The van der Waals surface area contributed by atoms with E-state index in [0.717, 1.165) is 18.2 Å². The van der Waals surface area contributed by atoms with Crippen LogP contribution < -0.4 is 5.56 Å². The van der Waals surface area contributed by atoms with Crippen LogP contribution >= 0.6 is 0 Å². The number of pyridine rings is 2. The third-order valence-corrected chi connectivity index (χ3v) is 7.11. The zero-order chi connectivity index (χ0) is 26.2. The van der Waals surface area contributed by atoms with Gasteiger partial charge >= 0.3 is 5.97 Å². The molecule has 37 heavy (non-hydrogen) atoms. The third kappa shape index (κ3) is 3.46. The van der Waals surface area contributed by atoms with Crippen LogP contribution in [0.1, 0.15) is 36.5 Å². The van der Waals surface area contributed by atoms with E-state index in [2.05, 4.69) is 4.98 Å². The van der Waals surface area contributed by atoms with Crippen LogP contribution in [0.5, 0.6) is 0 Å². The molecule has 0 unspecified atom stereocenters. The van der Waals surface area contributed by atoms with Crippen molar-refractivity contribution >= 4 is 16.9 Å². The molecule has 1 atom stereocenters. The number of hydrogen-bond donors (Lipinski definition) is 1. The first-order chi connectivity index (χ1) is 17.6. The van der Waals surface area contributed by atoms with E-state index in [0.29, 0.717) is 17.7 Å². The molecule has 6 nitrogen and oxygen atoms in total. The summed E-state index contributed by atoms with van der Waals surface area (Å²) in [5, 5.41) is 11.1. The maximum Gasteiger partial charge on any atom is 0.309 e. The Morgan fingerprint density at radius 3 is 2.41 bits per heavy atom. The molecule has 6 rings (SSSR count). The molecule has 10 heteroatoms. The number of carbonyl (C=O) groups excluding carboxylic acids is 1. The van der Waals surface area contributed by atoms with Crippen molar-refractivity contribution in [3.63, 3.8) is 0 Å². The summed E-state index contributed by atoms with van der Waals surface area (Å²) in [7, 11) is 0. The van der Waals surface area contributed by atoms with Crippen molar-refractivity contribution < 1.29 is 32.2 Å². The van der Waals surface area contributed by atoms with Gasteiger partial charge in [-0.15, -0.1) is 0 Å². The van der Waals surface area contributed by atoms with Gasteiger partial charge in [-0.05, 0) is 35.7 Å². The molecule has 4 aromatic rings. The number of nitrogens with zero attached hydrogens (tertiary/aromatic N) is 2. The summed E-state index contributed by atoms with van der Waals surface area (Å²) in [6, 6.07) is 5.90. The van der Waals surface area contributed by atoms with E-state index in [4.69, 9.17) is 4.74 Å². The van der Waals surface area contributed by atoms with E-state index >= 15 is 4.39 Å². The van der Waals surface area contributed by atoms with Gasteiger partial charge < -0.3 is 14.4 Å². The normalized spacial score (nSPS) is 18.3. The quantitative estimate of drug-likeness (QED) is 0.275. The van der Waals surface area contributed by atoms with Gasteiger partial charge in [-0.2, -0.15) is 0 Å². The number of esters is 1. The van der Waals surface area contributed by atoms with Gasteiger partial charge in [-0.3, -0.25) is 9.59 Å². The van der Waals surface area contributed by atoms with Crippen LogP contribution in [-0.2, 0) is 28.3 Å². The Kier molecular flexibility index (Phi) is 5.03. The summed E-state index contributed by atoms with van der Waals surface area (Å²) in [6.07, 6.45) is -0.248. The third-order valence-electron chi connectivity index (χ3n) is 7.11. The van der Waals surface area contributed by atoms with Crippen molar-refractivity contribution in [2.24, 2.45) is 0 Å². The SMILES string of the molecule is CC[C@@]1(O)CC(=O)OCc2c1cc1n(c2=O)Cc2c-1nc1cc(F)cc(F)c1c2-c1cc(F)cc(F)c1. The van der Waals surface area contributed by atoms with Crippen molar-refractivity contribution in [3.05, 3.63) is 86.7 Å². The summed E-state index contributed by atoms with van der Waals surface area (Å²) < 4.78 is 64.2. The van der Waals surface area contributed by atoms with Gasteiger partial charge in [-0.1, -0.05) is 6.92 Å². The number of halogens is 4.